The lowest BCUT2D eigenvalue weighted by Crippen LogP contribution is -2.59. The summed E-state index contributed by atoms with van der Waals surface area (Å²) < 4.78 is 46.1. The Morgan fingerprint density at radius 3 is 2.59 bits per heavy atom. The fourth-order valence-electron chi connectivity index (χ4n) is 4.90. The van der Waals surface area contributed by atoms with E-state index in [0.717, 1.165) is 50.9 Å². The standard InChI is InChI=1S/C23H29F3N4O2/c1-17-20(15-28-30(17)19-7-5-6-18(14-19)23(24,25)26)21(31)27-16-22(8-3-2-4-9-22)29-10-12-32-13-11-29/h5-7,14-15H,2-4,8-13,16H2,1H3,(H,27,31). The summed E-state index contributed by atoms with van der Waals surface area (Å²) in [4.78, 5) is 15.5. The number of halogens is 3. The number of nitrogens with zero attached hydrogens (tertiary/aromatic N) is 3. The van der Waals surface area contributed by atoms with E-state index >= 15 is 0 Å². The SMILES string of the molecule is Cc1c(C(=O)NCC2(N3CCOCC3)CCCCC2)cnn1-c1cccc(C(F)(F)F)c1. The van der Waals surface area contributed by atoms with Crippen molar-refractivity contribution in [3.05, 3.63) is 47.3 Å². The van der Waals surface area contributed by atoms with Crippen molar-refractivity contribution in [1.29, 1.82) is 0 Å². The van der Waals surface area contributed by atoms with Crippen LogP contribution in [0.15, 0.2) is 30.5 Å². The molecule has 1 amide bonds. The number of rotatable bonds is 5. The Labute approximate surface area is 185 Å². The molecule has 4 rings (SSSR count). The summed E-state index contributed by atoms with van der Waals surface area (Å²) in [7, 11) is 0. The number of morpholine rings is 1. The average Bonchev–Trinajstić information content (AvgIpc) is 3.19. The number of alkyl halides is 3. The molecule has 9 heteroatoms. The molecule has 0 unspecified atom stereocenters. The van der Waals surface area contributed by atoms with Crippen LogP contribution in [0.25, 0.3) is 5.69 Å². The zero-order valence-corrected chi connectivity index (χ0v) is 18.2. The van der Waals surface area contributed by atoms with E-state index in [1.807, 2.05) is 0 Å². The largest absolute Gasteiger partial charge is 0.416 e. The van der Waals surface area contributed by atoms with Gasteiger partial charge in [-0.25, -0.2) is 4.68 Å². The first-order chi connectivity index (χ1) is 15.3. The summed E-state index contributed by atoms with van der Waals surface area (Å²) in [5, 5.41) is 7.29. The van der Waals surface area contributed by atoms with Crippen molar-refractivity contribution >= 4 is 5.91 Å². The van der Waals surface area contributed by atoms with Gasteiger partial charge in [0.15, 0.2) is 0 Å². The lowest BCUT2D eigenvalue weighted by atomic mass is 9.79. The molecule has 2 aliphatic rings. The second kappa shape index (κ2) is 9.23. The molecule has 0 bridgehead atoms. The molecule has 6 nitrogen and oxygen atoms in total. The van der Waals surface area contributed by atoms with Gasteiger partial charge in [0, 0.05) is 25.2 Å². The van der Waals surface area contributed by atoms with Gasteiger partial charge in [-0.1, -0.05) is 25.3 Å². The monoisotopic (exact) mass is 450 g/mol. The summed E-state index contributed by atoms with van der Waals surface area (Å²) >= 11 is 0. The third-order valence-corrected chi connectivity index (χ3v) is 6.72. The van der Waals surface area contributed by atoms with Gasteiger partial charge in [0.1, 0.15) is 0 Å². The summed E-state index contributed by atoms with van der Waals surface area (Å²) in [6.45, 7) is 5.38. The van der Waals surface area contributed by atoms with Crippen molar-refractivity contribution in [2.75, 3.05) is 32.8 Å². The molecule has 1 aliphatic carbocycles. The normalized spacial score (nSPS) is 19.6. The van der Waals surface area contributed by atoms with E-state index in [1.54, 1.807) is 13.0 Å². The second-order valence-electron chi connectivity index (χ2n) is 8.67. The minimum Gasteiger partial charge on any atom is -0.379 e. The molecule has 1 N–H and O–H groups in total. The molecular formula is C23H29F3N4O2. The Morgan fingerprint density at radius 1 is 1.19 bits per heavy atom. The number of carbonyl (C=O) groups is 1. The van der Waals surface area contributed by atoms with Crippen LogP contribution in [-0.2, 0) is 10.9 Å². The molecule has 2 heterocycles. The summed E-state index contributed by atoms with van der Waals surface area (Å²) in [6.07, 6.45) is 2.55. The third-order valence-electron chi connectivity index (χ3n) is 6.72. The first-order valence-electron chi connectivity index (χ1n) is 11.1. The van der Waals surface area contributed by atoms with Crippen LogP contribution in [0.5, 0.6) is 0 Å². The van der Waals surface area contributed by atoms with Crippen molar-refractivity contribution in [1.82, 2.24) is 20.0 Å². The number of carbonyl (C=O) groups excluding carboxylic acids is 1. The molecule has 1 aliphatic heterocycles. The fraction of sp³-hybridized carbons (Fsp3) is 0.565. The number of hydrogen-bond acceptors (Lipinski definition) is 4. The minimum atomic E-state index is -4.44. The van der Waals surface area contributed by atoms with E-state index in [4.69, 9.17) is 4.74 Å². The maximum atomic E-state index is 13.1. The van der Waals surface area contributed by atoms with Gasteiger partial charge in [0.2, 0.25) is 0 Å². The predicted octanol–water partition coefficient (Wildman–Crippen LogP) is 3.96. The average molecular weight is 451 g/mol. The lowest BCUT2D eigenvalue weighted by Gasteiger charge is -2.48. The van der Waals surface area contributed by atoms with Crippen LogP contribution in [0.3, 0.4) is 0 Å². The van der Waals surface area contributed by atoms with Crippen LogP contribution in [-0.4, -0.2) is 59.0 Å². The maximum Gasteiger partial charge on any atom is 0.416 e. The maximum absolute atomic E-state index is 13.1. The highest BCUT2D eigenvalue weighted by Crippen LogP contribution is 2.34. The first-order valence-corrected chi connectivity index (χ1v) is 11.1. The highest BCUT2D eigenvalue weighted by molar-refractivity contribution is 5.95. The molecule has 1 aromatic carbocycles. The van der Waals surface area contributed by atoms with Gasteiger partial charge in [-0.3, -0.25) is 9.69 Å². The van der Waals surface area contributed by atoms with Gasteiger partial charge in [-0.05, 0) is 38.0 Å². The van der Waals surface area contributed by atoms with Crippen LogP contribution in [0.1, 0.15) is 53.7 Å². The molecule has 2 aromatic rings. The van der Waals surface area contributed by atoms with Crippen molar-refractivity contribution in [3.63, 3.8) is 0 Å². The van der Waals surface area contributed by atoms with Gasteiger partial charge in [0.05, 0.1) is 41.9 Å². The summed E-state index contributed by atoms with van der Waals surface area (Å²) in [5.74, 6) is -0.251. The molecule has 2 fully saturated rings. The van der Waals surface area contributed by atoms with Crippen molar-refractivity contribution in [3.8, 4) is 5.69 Å². The Balaban J connectivity index is 1.50. The number of aromatic nitrogens is 2. The third kappa shape index (κ3) is 4.68. The molecule has 1 saturated carbocycles. The smallest absolute Gasteiger partial charge is 0.379 e. The van der Waals surface area contributed by atoms with E-state index in [-0.39, 0.29) is 17.1 Å². The van der Waals surface area contributed by atoms with Gasteiger partial charge in [-0.15, -0.1) is 0 Å². The van der Waals surface area contributed by atoms with Crippen LogP contribution in [0.2, 0.25) is 0 Å². The fourth-order valence-corrected chi connectivity index (χ4v) is 4.90. The molecule has 0 atom stereocenters. The molecule has 0 spiro atoms. The summed E-state index contributed by atoms with van der Waals surface area (Å²) in [5.41, 5.74) is 0.332. The molecular weight excluding hydrogens is 421 g/mol. The zero-order valence-electron chi connectivity index (χ0n) is 18.2. The van der Waals surface area contributed by atoms with Crippen LogP contribution in [0, 0.1) is 6.92 Å². The molecule has 1 saturated heterocycles. The van der Waals surface area contributed by atoms with E-state index < -0.39 is 11.7 Å². The van der Waals surface area contributed by atoms with Crippen LogP contribution >= 0.6 is 0 Å². The van der Waals surface area contributed by atoms with Crippen molar-refractivity contribution in [2.24, 2.45) is 0 Å². The second-order valence-corrected chi connectivity index (χ2v) is 8.67. The quantitative estimate of drug-likeness (QED) is 0.749. The Hall–Kier alpha value is -2.39. The first kappa shape index (κ1) is 22.8. The number of ether oxygens (including phenoxy) is 1. The van der Waals surface area contributed by atoms with Crippen molar-refractivity contribution < 1.29 is 22.7 Å². The highest BCUT2D eigenvalue weighted by atomic mass is 19.4. The number of hydrogen-bond donors (Lipinski definition) is 1. The summed E-state index contributed by atoms with van der Waals surface area (Å²) in [6, 6.07) is 4.95. The zero-order chi connectivity index (χ0) is 22.8. The molecule has 174 valence electrons. The predicted molar refractivity (Wildman–Crippen MR) is 114 cm³/mol. The molecule has 32 heavy (non-hydrogen) atoms. The Morgan fingerprint density at radius 2 is 1.91 bits per heavy atom. The molecule has 1 aromatic heterocycles. The van der Waals surface area contributed by atoms with Gasteiger partial charge in [-0.2, -0.15) is 18.3 Å². The van der Waals surface area contributed by atoms with Crippen LogP contribution in [0.4, 0.5) is 13.2 Å². The van der Waals surface area contributed by atoms with E-state index in [9.17, 15) is 18.0 Å². The van der Waals surface area contributed by atoms with E-state index in [1.165, 1.54) is 23.4 Å². The van der Waals surface area contributed by atoms with Gasteiger partial charge in [0.25, 0.3) is 5.91 Å². The van der Waals surface area contributed by atoms with Gasteiger partial charge < -0.3 is 10.1 Å². The lowest BCUT2D eigenvalue weighted by molar-refractivity contribution is -0.137. The minimum absolute atomic E-state index is 0.0668. The van der Waals surface area contributed by atoms with Gasteiger partial charge >= 0.3 is 6.18 Å². The number of amides is 1. The van der Waals surface area contributed by atoms with E-state index in [2.05, 4.69) is 15.3 Å². The topological polar surface area (TPSA) is 59.4 Å². The van der Waals surface area contributed by atoms with Crippen LogP contribution < -0.4 is 5.32 Å². The highest BCUT2D eigenvalue weighted by Gasteiger charge is 2.39. The Bertz CT molecular complexity index is 945. The van der Waals surface area contributed by atoms with Crippen molar-refractivity contribution in [2.45, 2.75) is 50.7 Å². The number of benzene rings is 1. The van der Waals surface area contributed by atoms with E-state index in [0.29, 0.717) is 31.0 Å². The number of nitrogens with one attached hydrogen (secondary N) is 1. The Kier molecular flexibility index (Phi) is 6.57. The molecule has 0 radical (unpaired) electrons.